The Balaban J connectivity index is 3.56. The number of hydrogen-bond acceptors (Lipinski definition) is 3. The van der Waals surface area contributed by atoms with Gasteiger partial charge in [0.2, 0.25) is 0 Å². The number of nitrogens with one attached hydrogen (secondary N) is 1. The Labute approximate surface area is 88.2 Å². The SMILES string of the molecule is CCCC(C)C(COCCOC)NC. The van der Waals surface area contributed by atoms with Gasteiger partial charge in [-0.3, -0.25) is 0 Å². The molecular formula is C11H25NO2. The van der Waals surface area contributed by atoms with E-state index in [2.05, 4.69) is 19.2 Å². The van der Waals surface area contributed by atoms with Gasteiger partial charge >= 0.3 is 0 Å². The molecular weight excluding hydrogens is 178 g/mol. The third-order valence-corrected chi connectivity index (χ3v) is 2.53. The zero-order valence-electron chi connectivity index (χ0n) is 10.0. The summed E-state index contributed by atoms with van der Waals surface area (Å²) in [5.74, 6) is 0.674. The van der Waals surface area contributed by atoms with Crippen LogP contribution in [0.25, 0.3) is 0 Å². The number of ether oxygens (including phenoxy) is 2. The highest BCUT2D eigenvalue weighted by atomic mass is 16.5. The normalized spacial score (nSPS) is 15.4. The molecule has 2 unspecified atom stereocenters. The van der Waals surface area contributed by atoms with Gasteiger partial charge in [0.15, 0.2) is 0 Å². The molecule has 0 aromatic rings. The minimum atomic E-state index is 0.465. The summed E-state index contributed by atoms with van der Waals surface area (Å²) in [4.78, 5) is 0. The monoisotopic (exact) mass is 203 g/mol. The van der Waals surface area contributed by atoms with Crippen LogP contribution in [0.2, 0.25) is 0 Å². The van der Waals surface area contributed by atoms with Gasteiger partial charge in [-0.2, -0.15) is 0 Å². The molecule has 0 aliphatic carbocycles. The highest BCUT2D eigenvalue weighted by Crippen LogP contribution is 2.10. The van der Waals surface area contributed by atoms with Crippen LogP contribution < -0.4 is 5.32 Å². The molecule has 0 rings (SSSR count). The Morgan fingerprint density at radius 1 is 1.29 bits per heavy atom. The maximum Gasteiger partial charge on any atom is 0.0701 e. The van der Waals surface area contributed by atoms with E-state index in [0.29, 0.717) is 25.2 Å². The van der Waals surface area contributed by atoms with Crippen LogP contribution in [0, 0.1) is 5.92 Å². The molecule has 86 valence electrons. The van der Waals surface area contributed by atoms with Gasteiger partial charge in [-0.05, 0) is 19.4 Å². The van der Waals surface area contributed by atoms with Gasteiger partial charge in [0.05, 0.1) is 19.8 Å². The largest absolute Gasteiger partial charge is 0.382 e. The second-order valence-electron chi connectivity index (χ2n) is 3.73. The number of rotatable bonds is 9. The molecule has 14 heavy (non-hydrogen) atoms. The highest BCUT2D eigenvalue weighted by Gasteiger charge is 2.14. The molecule has 0 fully saturated rings. The topological polar surface area (TPSA) is 30.5 Å². The van der Waals surface area contributed by atoms with Crippen molar-refractivity contribution in [1.29, 1.82) is 0 Å². The van der Waals surface area contributed by atoms with Crippen molar-refractivity contribution < 1.29 is 9.47 Å². The average molecular weight is 203 g/mol. The van der Waals surface area contributed by atoms with Gasteiger partial charge in [-0.25, -0.2) is 0 Å². The lowest BCUT2D eigenvalue weighted by Crippen LogP contribution is -2.36. The summed E-state index contributed by atoms with van der Waals surface area (Å²) in [6.07, 6.45) is 2.48. The summed E-state index contributed by atoms with van der Waals surface area (Å²) >= 11 is 0. The molecule has 0 amide bonds. The fraction of sp³-hybridized carbons (Fsp3) is 1.00. The van der Waals surface area contributed by atoms with E-state index in [9.17, 15) is 0 Å². The lowest BCUT2D eigenvalue weighted by Gasteiger charge is -2.23. The minimum Gasteiger partial charge on any atom is -0.382 e. The maximum absolute atomic E-state index is 5.51. The summed E-state index contributed by atoms with van der Waals surface area (Å²) in [6, 6.07) is 0.465. The Hall–Kier alpha value is -0.120. The first-order valence-electron chi connectivity index (χ1n) is 5.50. The Bertz CT molecular complexity index is 120. The van der Waals surface area contributed by atoms with Crippen LogP contribution in [0.4, 0.5) is 0 Å². The fourth-order valence-corrected chi connectivity index (χ4v) is 1.54. The maximum atomic E-state index is 5.51. The predicted octanol–water partition coefficient (Wildman–Crippen LogP) is 1.67. The van der Waals surface area contributed by atoms with Gasteiger partial charge < -0.3 is 14.8 Å². The van der Waals surface area contributed by atoms with Gasteiger partial charge in [-0.15, -0.1) is 0 Å². The molecule has 0 aliphatic rings. The number of methoxy groups -OCH3 is 1. The van der Waals surface area contributed by atoms with Gasteiger partial charge in [0, 0.05) is 13.2 Å². The second kappa shape index (κ2) is 9.44. The van der Waals surface area contributed by atoms with E-state index < -0.39 is 0 Å². The summed E-state index contributed by atoms with van der Waals surface area (Å²) < 4.78 is 10.4. The van der Waals surface area contributed by atoms with Crippen molar-refractivity contribution in [1.82, 2.24) is 5.32 Å². The van der Waals surface area contributed by atoms with Crippen LogP contribution in [-0.2, 0) is 9.47 Å². The lowest BCUT2D eigenvalue weighted by atomic mass is 9.98. The van der Waals surface area contributed by atoms with Gasteiger partial charge in [0.25, 0.3) is 0 Å². The first-order valence-corrected chi connectivity index (χ1v) is 5.50. The van der Waals surface area contributed by atoms with Crippen LogP contribution in [-0.4, -0.2) is 40.0 Å². The third kappa shape index (κ3) is 6.35. The molecule has 3 heteroatoms. The van der Waals surface area contributed by atoms with E-state index >= 15 is 0 Å². The van der Waals surface area contributed by atoms with Gasteiger partial charge in [-0.1, -0.05) is 20.3 Å². The molecule has 0 aromatic carbocycles. The van der Waals surface area contributed by atoms with Crippen molar-refractivity contribution in [2.45, 2.75) is 32.7 Å². The van der Waals surface area contributed by atoms with Crippen LogP contribution in [0.3, 0.4) is 0 Å². The average Bonchev–Trinajstić information content (AvgIpc) is 2.18. The molecule has 0 aliphatic heterocycles. The summed E-state index contributed by atoms with van der Waals surface area (Å²) in [7, 11) is 3.69. The standard InChI is InChI=1S/C11H25NO2/c1-5-6-10(2)11(12-3)9-14-8-7-13-4/h10-12H,5-9H2,1-4H3. The van der Waals surface area contributed by atoms with Crippen LogP contribution in [0.1, 0.15) is 26.7 Å². The predicted molar refractivity (Wildman–Crippen MR) is 59.6 cm³/mol. The zero-order valence-corrected chi connectivity index (χ0v) is 10.0. The van der Waals surface area contributed by atoms with Crippen LogP contribution in [0.15, 0.2) is 0 Å². The van der Waals surface area contributed by atoms with Crippen LogP contribution >= 0.6 is 0 Å². The molecule has 0 spiro atoms. The van der Waals surface area contributed by atoms with Crippen LogP contribution in [0.5, 0.6) is 0 Å². The smallest absolute Gasteiger partial charge is 0.0701 e. The number of likely N-dealkylation sites (N-methyl/N-ethyl adjacent to an activating group) is 1. The molecule has 0 heterocycles. The fourth-order valence-electron chi connectivity index (χ4n) is 1.54. The Morgan fingerprint density at radius 3 is 2.50 bits per heavy atom. The second-order valence-corrected chi connectivity index (χ2v) is 3.73. The summed E-state index contributed by atoms with van der Waals surface area (Å²) in [5, 5.41) is 3.30. The van der Waals surface area contributed by atoms with Gasteiger partial charge in [0.1, 0.15) is 0 Å². The molecule has 1 N–H and O–H groups in total. The first-order chi connectivity index (χ1) is 6.76. The molecule has 0 saturated heterocycles. The van der Waals surface area contributed by atoms with Crippen molar-refractivity contribution in [3.63, 3.8) is 0 Å². The number of hydrogen-bond donors (Lipinski definition) is 1. The summed E-state index contributed by atoms with van der Waals surface area (Å²) in [5.41, 5.74) is 0. The molecule has 0 aromatic heterocycles. The van der Waals surface area contributed by atoms with E-state index in [4.69, 9.17) is 9.47 Å². The van der Waals surface area contributed by atoms with Crippen molar-refractivity contribution in [2.24, 2.45) is 5.92 Å². The summed E-state index contributed by atoms with van der Waals surface area (Å²) in [6.45, 7) is 6.63. The molecule has 0 saturated carbocycles. The Kier molecular flexibility index (Phi) is 9.35. The van der Waals surface area contributed by atoms with Crippen molar-refractivity contribution in [3.8, 4) is 0 Å². The van der Waals surface area contributed by atoms with E-state index in [0.717, 1.165) is 6.61 Å². The lowest BCUT2D eigenvalue weighted by molar-refractivity contribution is 0.0510. The quantitative estimate of drug-likeness (QED) is 0.578. The third-order valence-electron chi connectivity index (χ3n) is 2.53. The van der Waals surface area contributed by atoms with E-state index in [1.165, 1.54) is 12.8 Å². The van der Waals surface area contributed by atoms with Crippen molar-refractivity contribution >= 4 is 0 Å². The van der Waals surface area contributed by atoms with E-state index in [-0.39, 0.29) is 0 Å². The molecule has 3 nitrogen and oxygen atoms in total. The molecule has 0 radical (unpaired) electrons. The van der Waals surface area contributed by atoms with Crippen molar-refractivity contribution in [3.05, 3.63) is 0 Å². The molecule has 0 bridgehead atoms. The zero-order chi connectivity index (χ0) is 10.8. The van der Waals surface area contributed by atoms with E-state index in [1.807, 2.05) is 7.05 Å². The van der Waals surface area contributed by atoms with Crippen molar-refractivity contribution in [2.75, 3.05) is 34.0 Å². The highest BCUT2D eigenvalue weighted by molar-refractivity contribution is 4.70. The Morgan fingerprint density at radius 2 is 2.00 bits per heavy atom. The first kappa shape index (κ1) is 13.9. The molecule has 2 atom stereocenters. The minimum absolute atomic E-state index is 0.465. The van der Waals surface area contributed by atoms with E-state index in [1.54, 1.807) is 7.11 Å².